The van der Waals surface area contributed by atoms with E-state index in [4.69, 9.17) is 4.74 Å². The lowest BCUT2D eigenvalue weighted by molar-refractivity contribution is 0.0694. The number of nitrogens with zero attached hydrogens (tertiary/aromatic N) is 2. The van der Waals surface area contributed by atoms with Crippen LogP contribution in [0.5, 0.6) is 5.75 Å². The average Bonchev–Trinajstić information content (AvgIpc) is 2.61. The molecule has 1 aliphatic heterocycles. The number of halogens is 1. The lowest BCUT2D eigenvalue weighted by atomic mass is 9.90. The highest BCUT2D eigenvalue weighted by Crippen LogP contribution is 2.39. The van der Waals surface area contributed by atoms with E-state index in [-0.39, 0.29) is 35.6 Å². The van der Waals surface area contributed by atoms with Gasteiger partial charge in [-0.3, -0.25) is 9.98 Å². The normalized spacial score (nSPS) is 17.9. The molecule has 1 atom stereocenters. The number of aromatic nitrogens is 1. The number of aliphatic imine (C=N–C) groups is 1. The average molecular weight is 480 g/mol. The summed E-state index contributed by atoms with van der Waals surface area (Å²) < 4.78 is 6.11. The van der Waals surface area contributed by atoms with E-state index >= 15 is 0 Å². The molecule has 2 aromatic rings. The van der Waals surface area contributed by atoms with Gasteiger partial charge in [-0.1, -0.05) is 18.2 Å². The largest absolute Gasteiger partial charge is 0.487 e. The van der Waals surface area contributed by atoms with Crippen LogP contribution in [0.15, 0.2) is 47.7 Å². The van der Waals surface area contributed by atoms with Gasteiger partial charge in [0, 0.05) is 38.0 Å². The van der Waals surface area contributed by atoms with E-state index in [0.29, 0.717) is 0 Å². The molecule has 1 aliphatic rings. The van der Waals surface area contributed by atoms with Crippen LogP contribution in [0.25, 0.3) is 0 Å². The van der Waals surface area contributed by atoms with Gasteiger partial charge in [-0.25, -0.2) is 0 Å². The molecule has 0 spiro atoms. The van der Waals surface area contributed by atoms with Gasteiger partial charge in [0.15, 0.2) is 5.96 Å². The fraction of sp³-hybridized carbons (Fsp3) is 0.429. The third kappa shape index (κ3) is 5.57. The topological polar surface area (TPSA) is 58.5 Å². The minimum absolute atomic E-state index is 0. The number of nitrogens with one attached hydrogen (secondary N) is 2. The first-order valence-electron chi connectivity index (χ1n) is 9.13. The van der Waals surface area contributed by atoms with Crippen LogP contribution in [0.2, 0.25) is 0 Å². The zero-order valence-corrected chi connectivity index (χ0v) is 18.8. The smallest absolute Gasteiger partial charge is 0.191 e. The van der Waals surface area contributed by atoms with E-state index in [1.54, 1.807) is 0 Å². The Bertz CT molecular complexity index is 791. The van der Waals surface area contributed by atoms with Crippen LogP contribution in [0.3, 0.4) is 0 Å². The van der Waals surface area contributed by atoms with Gasteiger partial charge >= 0.3 is 0 Å². The number of pyridine rings is 1. The van der Waals surface area contributed by atoms with Crippen molar-refractivity contribution in [2.75, 3.05) is 13.6 Å². The SMILES string of the molecule is CN=C(NCCc1ccncc1C)NC1CC(C)(C)Oc2ccccc21.I. The lowest BCUT2D eigenvalue weighted by Gasteiger charge is -2.38. The van der Waals surface area contributed by atoms with Gasteiger partial charge in [-0.2, -0.15) is 0 Å². The van der Waals surface area contributed by atoms with E-state index in [1.165, 1.54) is 16.7 Å². The maximum atomic E-state index is 6.11. The fourth-order valence-electron chi connectivity index (χ4n) is 3.39. The highest BCUT2D eigenvalue weighted by atomic mass is 127. The van der Waals surface area contributed by atoms with E-state index in [9.17, 15) is 0 Å². The Hall–Kier alpha value is -1.83. The lowest BCUT2D eigenvalue weighted by Crippen LogP contribution is -2.45. The molecule has 1 aromatic heterocycles. The third-order valence-corrected chi connectivity index (χ3v) is 4.73. The summed E-state index contributed by atoms with van der Waals surface area (Å²) in [5, 5.41) is 6.99. The molecule has 27 heavy (non-hydrogen) atoms. The maximum absolute atomic E-state index is 6.11. The molecule has 1 unspecified atom stereocenters. The molecule has 6 heteroatoms. The maximum Gasteiger partial charge on any atom is 0.191 e. The van der Waals surface area contributed by atoms with Crippen molar-refractivity contribution >= 4 is 29.9 Å². The van der Waals surface area contributed by atoms with Gasteiger partial charge in [0.25, 0.3) is 0 Å². The molecule has 2 N–H and O–H groups in total. The van der Waals surface area contributed by atoms with E-state index in [0.717, 1.165) is 31.1 Å². The zero-order chi connectivity index (χ0) is 18.6. The van der Waals surface area contributed by atoms with Crippen molar-refractivity contribution in [1.29, 1.82) is 0 Å². The predicted molar refractivity (Wildman–Crippen MR) is 121 cm³/mol. The van der Waals surface area contributed by atoms with Gasteiger partial charge in [-0.15, -0.1) is 24.0 Å². The van der Waals surface area contributed by atoms with Crippen LogP contribution >= 0.6 is 24.0 Å². The standard InChI is InChI=1S/C21H28N4O.HI/c1-15-14-23-11-9-16(15)10-12-24-20(22-4)25-18-13-21(2,3)26-19-8-6-5-7-17(18)19;/h5-9,11,14,18H,10,12-13H2,1-4H3,(H2,22,24,25);1H. The number of hydrogen-bond acceptors (Lipinski definition) is 3. The van der Waals surface area contributed by atoms with Crippen molar-refractivity contribution < 1.29 is 4.74 Å². The van der Waals surface area contributed by atoms with Crippen molar-refractivity contribution in [2.24, 2.45) is 4.99 Å². The second-order valence-corrected chi connectivity index (χ2v) is 7.35. The Morgan fingerprint density at radius 2 is 2.07 bits per heavy atom. The molecule has 5 nitrogen and oxygen atoms in total. The summed E-state index contributed by atoms with van der Waals surface area (Å²) in [5.41, 5.74) is 3.50. The summed E-state index contributed by atoms with van der Waals surface area (Å²) in [6.07, 6.45) is 5.57. The minimum Gasteiger partial charge on any atom is -0.487 e. The second kappa shape index (κ2) is 9.39. The van der Waals surface area contributed by atoms with Crippen LogP contribution in [-0.4, -0.2) is 30.1 Å². The van der Waals surface area contributed by atoms with Crippen molar-refractivity contribution in [2.45, 2.75) is 45.3 Å². The van der Waals surface area contributed by atoms with Gasteiger partial charge in [0.05, 0.1) is 6.04 Å². The van der Waals surface area contributed by atoms with E-state index in [1.807, 2.05) is 31.6 Å². The Balaban J connectivity index is 0.00000261. The summed E-state index contributed by atoms with van der Waals surface area (Å²) in [6.45, 7) is 7.16. The molecular formula is C21H29IN4O. The summed E-state index contributed by atoms with van der Waals surface area (Å²) in [6, 6.07) is 10.5. The van der Waals surface area contributed by atoms with E-state index < -0.39 is 0 Å². The summed E-state index contributed by atoms with van der Waals surface area (Å²) in [5.74, 6) is 1.76. The summed E-state index contributed by atoms with van der Waals surface area (Å²) in [4.78, 5) is 8.55. The number of aryl methyl sites for hydroxylation is 1. The van der Waals surface area contributed by atoms with Gasteiger partial charge in [-0.05, 0) is 50.5 Å². The van der Waals surface area contributed by atoms with Crippen molar-refractivity contribution in [3.05, 3.63) is 59.4 Å². The number of fused-ring (bicyclic) bond motifs is 1. The molecule has 3 rings (SSSR count). The number of guanidine groups is 1. The molecule has 0 aliphatic carbocycles. The highest BCUT2D eigenvalue weighted by molar-refractivity contribution is 14.0. The molecule has 0 saturated heterocycles. The Labute approximate surface area is 179 Å². The third-order valence-electron chi connectivity index (χ3n) is 4.73. The van der Waals surface area contributed by atoms with Crippen LogP contribution < -0.4 is 15.4 Å². The monoisotopic (exact) mass is 480 g/mol. The number of hydrogen-bond donors (Lipinski definition) is 2. The van der Waals surface area contributed by atoms with Crippen molar-refractivity contribution in [1.82, 2.24) is 15.6 Å². The van der Waals surface area contributed by atoms with E-state index in [2.05, 4.69) is 59.6 Å². The molecular weight excluding hydrogens is 451 g/mol. The van der Waals surface area contributed by atoms with Crippen LogP contribution in [0, 0.1) is 6.92 Å². The van der Waals surface area contributed by atoms with Crippen LogP contribution in [0.4, 0.5) is 0 Å². The zero-order valence-electron chi connectivity index (χ0n) is 16.5. The quantitative estimate of drug-likeness (QED) is 0.395. The molecule has 2 heterocycles. The predicted octanol–water partition coefficient (Wildman–Crippen LogP) is 4.02. The first-order valence-corrected chi connectivity index (χ1v) is 9.13. The first kappa shape index (κ1) is 21.5. The number of para-hydroxylation sites is 1. The molecule has 0 saturated carbocycles. The van der Waals surface area contributed by atoms with Crippen molar-refractivity contribution in [3.8, 4) is 5.75 Å². The molecule has 1 aromatic carbocycles. The molecule has 0 fully saturated rings. The molecule has 0 bridgehead atoms. The van der Waals surface area contributed by atoms with Gasteiger partial charge in [0.1, 0.15) is 11.4 Å². The molecule has 146 valence electrons. The number of rotatable bonds is 4. The summed E-state index contributed by atoms with van der Waals surface area (Å²) in [7, 11) is 1.81. The fourth-order valence-corrected chi connectivity index (χ4v) is 3.39. The first-order chi connectivity index (χ1) is 12.5. The Kier molecular flexibility index (Phi) is 7.47. The Morgan fingerprint density at radius 3 is 2.81 bits per heavy atom. The minimum atomic E-state index is -0.209. The van der Waals surface area contributed by atoms with Gasteiger partial charge < -0.3 is 15.4 Å². The Morgan fingerprint density at radius 1 is 1.30 bits per heavy atom. The molecule has 0 amide bonds. The van der Waals surface area contributed by atoms with Crippen LogP contribution in [-0.2, 0) is 6.42 Å². The van der Waals surface area contributed by atoms with Crippen LogP contribution in [0.1, 0.15) is 43.0 Å². The summed E-state index contributed by atoms with van der Waals surface area (Å²) >= 11 is 0. The molecule has 0 radical (unpaired) electrons. The number of ether oxygens (including phenoxy) is 1. The highest BCUT2D eigenvalue weighted by Gasteiger charge is 2.33. The number of benzene rings is 1. The second-order valence-electron chi connectivity index (χ2n) is 7.35. The van der Waals surface area contributed by atoms with Gasteiger partial charge in [0.2, 0.25) is 0 Å². The van der Waals surface area contributed by atoms with Crippen molar-refractivity contribution in [3.63, 3.8) is 0 Å².